The fourth-order valence-electron chi connectivity index (χ4n) is 2.35. The van der Waals surface area contributed by atoms with Gasteiger partial charge in [0.05, 0.1) is 16.6 Å². The Morgan fingerprint density at radius 1 is 1.36 bits per heavy atom. The van der Waals surface area contributed by atoms with E-state index in [0.717, 1.165) is 12.1 Å². The maximum absolute atomic E-state index is 12.1. The molecule has 0 saturated carbocycles. The van der Waals surface area contributed by atoms with Gasteiger partial charge in [-0.3, -0.25) is 9.59 Å². The van der Waals surface area contributed by atoms with Crippen LogP contribution in [0.2, 0.25) is 0 Å². The van der Waals surface area contributed by atoms with Crippen molar-refractivity contribution in [3.05, 3.63) is 10.6 Å². The fraction of sp³-hybridized carbons (Fsp3) is 0.667. The average Bonchev–Trinajstić information content (AvgIpc) is 2.67. The number of carbonyl (C=O) groups is 2. The Labute approximate surface area is 141 Å². The van der Waals surface area contributed by atoms with Gasteiger partial charge in [-0.2, -0.15) is 0 Å². The van der Waals surface area contributed by atoms with Gasteiger partial charge in [-0.1, -0.05) is 46.0 Å². The molecular weight excluding hydrogens is 322 g/mol. The number of nitrogens with zero attached hydrogens (tertiary/aromatic N) is 1. The Balaban J connectivity index is 0.00000242. The van der Waals surface area contributed by atoms with Crippen LogP contribution in [0.4, 0.5) is 5.13 Å². The normalized spacial score (nSPS) is 18.2. The number of nitrogens with two attached hydrogens (primary N) is 1. The number of hydrogen-bond donors (Lipinski definition) is 2. The summed E-state index contributed by atoms with van der Waals surface area (Å²) in [5.74, 6) is -0.153. The number of Topliss-reactive ketones (excluding diaryl/α,β-unsaturated/α-hetero) is 1. The highest BCUT2D eigenvalue weighted by molar-refractivity contribution is 7.17. The monoisotopic (exact) mass is 345 g/mol. The van der Waals surface area contributed by atoms with Crippen LogP contribution in [0.1, 0.15) is 56.4 Å². The summed E-state index contributed by atoms with van der Waals surface area (Å²) in [7, 11) is 0. The molecule has 0 unspecified atom stereocenters. The minimum Gasteiger partial charge on any atom is -0.319 e. The predicted molar refractivity (Wildman–Crippen MR) is 91.9 cm³/mol. The zero-order chi connectivity index (χ0) is 16.0. The second-order valence-electron chi connectivity index (χ2n) is 7.57. The van der Waals surface area contributed by atoms with Crippen LogP contribution in [0.15, 0.2) is 0 Å². The molecule has 2 rings (SSSR count). The molecule has 7 heteroatoms. The average molecular weight is 346 g/mol. The lowest BCUT2D eigenvalue weighted by Gasteiger charge is -2.26. The van der Waals surface area contributed by atoms with Crippen molar-refractivity contribution in [1.29, 1.82) is 0 Å². The van der Waals surface area contributed by atoms with E-state index in [1.807, 2.05) is 20.8 Å². The molecule has 1 heterocycles. The maximum atomic E-state index is 12.1. The number of rotatable bonds is 2. The van der Waals surface area contributed by atoms with Crippen molar-refractivity contribution in [2.45, 2.75) is 53.5 Å². The second kappa shape index (κ2) is 6.26. The molecular formula is C15H24ClN3O2S. The summed E-state index contributed by atoms with van der Waals surface area (Å²) >= 11 is 1.25. The van der Waals surface area contributed by atoms with Gasteiger partial charge in [-0.25, -0.2) is 4.98 Å². The SMILES string of the molecule is CC1(C)CC(=O)c2sc(NC(=O)[C@@H](N)C(C)(C)C)nc2C1.Cl. The third-order valence-electron chi connectivity index (χ3n) is 3.68. The number of amides is 1. The smallest absolute Gasteiger partial charge is 0.243 e. The van der Waals surface area contributed by atoms with E-state index in [1.54, 1.807) is 0 Å². The molecule has 5 nitrogen and oxygen atoms in total. The van der Waals surface area contributed by atoms with Gasteiger partial charge >= 0.3 is 0 Å². The molecule has 0 saturated heterocycles. The Bertz CT molecular complexity index is 590. The van der Waals surface area contributed by atoms with E-state index in [2.05, 4.69) is 24.1 Å². The van der Waals surface area contributed by atoms with Gasteiger partial charge in [-0.15, -0.1) is 12.4 Å². The molecule has 1 amide bonds. The number of anilines is 1. The van der Waals surface area contributed by atoms with Crippen LogP contribution in [0.25, 0.3) is 0 Å². The van der Waals surface area contributed by atoms with Crippen molar-refractivity contribution in [2.24, 2.45) is 16.6 Å². The van der Waals surface area contributed by atoms with Gasteiger partial charge in [-0.05, 0) is 17.3 Å². The van der Waals surface area contributed by atoms with Crippen LogP contribution in [0.5, 0.6) is 0 Å². The zero-order valence-electron chi connectivity index (χ0n) is 13.6. The summed E-state index contributed by atoms with van der Waals surface area (Å²) < 4.78 is 0. The minimum absolute atomic E-state index is 0. The number of ketones is 1. The fourth-order valence-corrected chi connectivity index (χ4v) is 3.27. The van der Waals surface area contributed by atoms with Crippen LogP contribution in [0.3, 0.4) is 0 Å². The van der Waals surface area contributed by atoms with E-state index in [-0.39, 0.29) is 34.9 Å². The number of halogens is 1. The van der Waals surface area contributed by atoms with Crippen LogP contribution in [-0.2, 0) is 11.2 Å². The summed E-state index contributed by atoms with van der Waals surface area (Å²) in [6.07, 6.45) is 1.28. The quantitative estimate of drug-likeness (QED) is 0.862. The first-order valence-corrected chi connectivity index (χ1v) is 7.91. The Kier molecular flexibility index (Phi) is 5.42. The van der Waals surface area contributed by atoms with E-state index in [4.69, 9.17) is 5.73 Å². The van der Waals surface area contributed by atoms with Gasteiger partial charge in [0.25, 0.3) is 0 Å². The topological polar surface area (TPSA) is 85.1 Å². The van der Waals surface area contributed by atoms with E-state index >= 15 is 0 Å². The van der Waals surface area contributed by atoms with E-state index in [1.165, 1.54) is 11.3 Å². The number of fused-ring (bicyclic) bond motifs is 1. The van der Waals surface area contributed by atoms with Crippen molar-refractivity contribution < 1.29 is 9.59 Å². The standard InChI is InChI=1S/C15H23N3O2S.ClH/c1-14(2,3)11(16)12(20)18-13-17-8-6-15(4,5)7-9(19)10(8)21-13;/h11H,6-7,16H2,1-5H3,(H,17,18,20);1H/t11-;/m1./s1. The van der Waals surface area contributed by atoms with E-state index in [9.17, 15) is 9.59 Å². The summed E-state index contributed by atoms with van der Waals surface area (Å²) in [4.78, 5) is 29.3. The van der Waals surface area contributed by atoms with E-state index < -0.39 is 6.04 Å². The van der Waals surface area contributed by atoms with E-state index in [0.29, 0.717) is 16.4 Å². The largest absolute Gasteiger partial charge is 0.319 e. The molecule has 0 bridgehead atoms. The van der Waals surface area contributed by atoms with Crippen molar-refractivity contribution in [3.63, 3.8) is 0 Å². The van der Waals surface area contributed by atoms with Gasteiger partial charge in [0, 0.05) is 6.42 Å². The summed E-state index contributed by atoms with van der Waals surface area (Å²) in [5, 5.41) is 3.21. The molecule has 1 aliphatic rings. The van der Waals surface area contributed by atoms with Crippen molar-refractivity contribution in [3.8, 4) is 0 Å². The van der Waals surface area contributed by atoms with Crippen LogP contribution in [0, 0.1) is 10.8 Å². The predicted octanol–water partition coefficient (Wildman–Crippen LogP) is 3.03. The first-order valence-electron chi connectivity index (χ1n) is 7.09. The first-order chi connectivity index (χ1) is 9.49. The molecule has 0 radical (unpaired) electrons. The molecule has 124 valence electrons. The highest BCUT2D eigenvalue weighted by Crippen LogP contribution is 2.38. The highest BCUT2D eigenvalue weighted by Gasteiger charge is 2.34. The summed E-state index contributed by atoms with van der Waals surface area (Å²) in [6.45, 7) is 9.85. The highest BCUT2D eigenvalue weighted by atomic mass is 35.5. The summed E-state index contributed by atoms with van der Waals surface area (Å²) in [6, 6.07) is -0.620. The van der Waals surface area contributed by atoms with Gasteiger partial charge < -0.3 is 11.1 Å². The molecule has 0 aliphatic heterocycles. The number of aromatic nitrogens is 1. The van der Waals surface area contributed by atoms with Crippen molar-refractivity contribution in [1.82, 2.24) is 4.98 Å². The molecule has 0 spiro atoms. The molecule has 22 heavy (non-hydrogen) atoms. The lowest BCUT2D eigenvalue weighted by atomic mass is 9.78. The zero-order valence-corrected chi connectivity index (χ0v) is 15.3. The second-order valence-corrected chi connectivity index (χ2v) is 8.57. The molecule has 1 atom stereocenters. The molecule has 0 aromatic carbocycles. The molecule has 1 aromatic rings. The molecule has 0 fully saturated rings. The number of carbonyl (C=O) groups excluding carboxylic acids is 2. The van der Waals surface area contributed by atoms with Crippen LogP contribution >= 0.6 is 23.7 Å². The number of hydrogen-bond acceptors (Lipinski definition) is 5. The van der Waals surface area contributed by atoms with Gasteiger partial charge in [0.2, 0.25) is 5.91 Å². The minimum atomic E-state index is -0.620. The Hall–Kier alpha value is -0.980. The molecule has 1 aliphatic carbocycles. The molecule has 3 N–H and O–H groups in total. The summed E-state index contributed by atoms with van der Waals surface area (Å²) in [5.41, 5.74) is 6.34. The Morgan fingerprint density at radius 3 is 2.50 bits per heavy atom. The van der Waals surface area contributed by atoms with Crippen molar-refractivity contribution >= 4 is 40.6 Å². The third kappa shape index (κ3) is 4.06. The first kappa shape index (κ1) is 19.1. The lowest BCUT2D eigenvalue weighted by Crippen LogP contribution is -2.45. The van der Waals surface area contributed by atoms with Gasteiger partial charge in [0.15, 0.2) is 10.9 Å². The Morgan fingerprint density at radius 2 is 1.95 bits per heavy atom. The third-order valence-corrected chi connectivity index (χ3v) is 4.74. The number of thiazole rings is 1. The van der Waals surface area contributed by atoms with Crippen LogP contribution in [-0.4, -0.2) is 22.7 Å². The molecule has 1 aromatic heterocycles. The number of nitrogens with one attached hydrogen (secondary N) is 1. The lowest BCUT2D eigenvalue weighted by molar-refractivity contribution is -0.119. The maximum Gasteiger partial charge on any atom is 0.243 e. The van der Waals surface area contributed by atoms with Crippen molar-refractivity contribution in [2.75, 3.05) is 5.32 Å². The van der Waals surface area contributed by atoms with Gasteiger partial charge in [0.1, 0.15) is 0 Å². The van der Waals surface area contributed by atoms with Crippen LogP contribution < -0.4 is 11.1 Å².